The first-order valence-electron chi connectivity index (χ1n) is 6.44. The minimum absolute atomic E-state index is 0.285. The molecule has 0 aromatic heterocycles. The van der Waals surface area contributed by atoms with Crippen molar-refractivity contribution in [1.82, 2.24) is 5.32 Å². The van der Waals surface area contributed by atoms with Crippen LogP contribution in [0.2, 0.25) is 5.02 Å². The summed E-state index contributed by atoms with van der Waals surface area (Å²) < 4.78 is 13.3. The predicted octanol–water partition coefficient (Wildman–Crippen LogP) is 4.27. The van der Waals surface area contributed by atoms with Crippen molar-refractivity contribution in [3.8, 4) is 0 Å². The number of benzene rings is 1. The van der Waals surface area contributed by atoms with E-state index in [0.717, 1.165) is 12.1 Å². The molecule has 0 spiro atoms. The van der Waals surface area contributed by atoms with Crippen molar-refractivity contribution in [2.75, 3.05) is 6.54 Å². The second-order valence-corrected chi connectivity index (χ2v) is 5.67. The Morgan fingerprint density at radius 2 is 2.17 bits per heavy atom. The van der Waals surface area contributed by atoms with Gasteiger partial charge in [0.05, 0.1) is 0 Å². The molecule has 0 unspecified atom stereocenters. The monoisotopic (exact) mass is 267 g/mol. The van der Waals surface area contributed by atoms with Crippen LogP contribution in [0, 0.1) is 11.7 Å². The van der Waals surface area contributed by atoms with Crippen LogP contribution in [0.1, 0.15) is 32.3 Å². The van der Waals surface area contributed by atoms with Crippen LogP contribution in [-0.4, -0.2) is 12.6 Å². The lowest BCUT2D eigenvalue weighted by atomic mass is 10.00. The SMILES string of the molecule is CC(C)/C(=C/c1cc(F)cc(Cl)c1)CNC1CC1. The maximum atomic E-state index is 13.3. The minimum Gasteiger partial charge on any atom is -0.310 e. The quantitative estimate of drug-likeness (QED) is 0.840. The van der Waals surface area contributed by atoms with Gasteiger partial charge in [-0.25, -0.2) is 4.39 Å². The molecular formula is C15H19ClFN. The molecule has 1 N–H and O–H groups in total. The average Bonchev–Trinajstić information content (AvgIpc) is 3.06. The first-order chi connectivity index (χ1) is 8.54. The lowest BCUT2D eigenvalue weighted by Crippen LogP contribution is -2.21. The topological polar surface area (TPSA) is 12.0 Å². The van der Waals surface area contributed by atoms with Crippen molar-refractivity contribution in [1.29, 1.82) is 0 Å². The van der Waals surface area contributed by atoms with Crippen molar-refractivity contribution in [3.63, 3.8) is 0 Å². The van der Waals surface area contributed by atoms with Crippen molar-refractivity contribution >= 4 is 17.7 Å². The van der Waals surface area contributed by atoms with E-state index in [-0.39, 0.29) is 5.82 Å². The highest BCUT2D eigenvalue weighted by Gasteiger charge is 2.20. The maximum absolute atomic E-state index is 13.3. The van der Waals surface area contributed by atoms with E-state index in [2.05, 4.69) is 19.2 Å². The molecule has 0 heterocycles. The summed E-state index contributed by atoms with van der Waals surface area (Å²) in [6.45, 7) is 5.18. The van der Waals surface area contributed by atoms with E-state index in [0.29, 0.717) is 17.0 Å². The van der Waals surface area contributed by atoms with Crippen LogP contribution in [0.25, 0.3) is 6.08 Å². The smallest absolute Gasteiger partial charge is 0.125 e. The van der Waals surface area contributed by atoms with Crippen LogP contribution in [0.4, 0.5) is 4.39 Å². The molecule has 1 saturated carbocycles. The zero-order valence-electron chi connectivity index (χ0n) is 10.8. The lowest BCUT2D eigenvalue weighted by molar-refractivity contribution is 0.627. The summed E-state index contributed by atoms with van der Waals surface area (Å²) in [5.41, 5.74) is 2.12. The second-order valence-electron chi connectivity index (χ2n) is 5.23. The largest absolute Gasteiger partial charge is 0.310 e. The summed E-state index contributed by atoms with van der Waals surface area (Å²) in [5, 5.41) is 3.94. The number of hydrogen-bond acceptors (Lipinski definition) is 1. The molecule has 1 nitrogen and oxygen atoms in total. The Hall–Kier alpha value is -0.860. The van der Waals surface area contributed by atoms with Crippen LogP contribution in [0.3, 0.4) is 0 Å². The molecule has 2 rings (SSSR count). The standard InChI is InChI=1S/C15H19ClFN/c1-10(2)12(9-18-15-3-4-15)5-11-6-13(16)8-14(17)7-11/h5-8,10,15,18H,3-4,9H2,1-2H3/b12-5+. The molecule has 98 valence electrons. The zero-order valence-corrected chi connectivity index (χ0v) is 11.6. The zero-order chi connectivity index (χ0) is 13.1. The highest BCUT2D eigenvalue weighted by Crippen LogP contribution is 2.22. The molecular weight excluding hydrogens is 249 g/mol. The van der Waals surface area contributed by atoms with E-state index in [9.17, 15) is 4.39 Å². The molecule has 0 radical (unpaired) electrons. The summed E-state index contributed by atoms with van der Waals surface area (Å²) in [7, 11) is 0. The fourth-order valence-corrected chi connectivity index (χ4v) is 2.07. The Labute approximate surface area is 113 Å². The molecule has 1 aromatic carbocycles. The van der Waals surface area contributed by atoms with Gasteiger partial charge < -0.3 is 5.32 Å². The predicted molar refractivity (Wildman–Crippen MR) is 75.2 cm³/mol. The van der Waals surface area contributed by atoms with Crippen LogP contribution < -0.4 is 5.32 Å². The van der Waals surface area contributed by atoms with Crippen LogP contribution >= 0.6 is 11.6 Å². The van der Waals surface area contributed by atoms with Gasteiger partial charge in [-0.3, -0.25) is 0 Å². The van der Waals surface area contributed by atoms with Gasteiger partial charge in [0.25, 0.3) is 0 Å². The van der Waals surface area contributed by atoms with Gasteiger partial charge in [0.1, 0.15) is 5.82 Å². The molecule has 18 heavy (non-hydrogen) atoms. The molecule has 0 aliphatic heterocycles. The highest BCUT2D eigenvalue weighted by atomic mass is 35.5. The molecule has 0 bridgehead atoms. The van der Waals surface area contributed by atoms with E-state index >= 15 is 0 Å². The fraction of sp³-hybridized carbons (Fsp3) is 0.467. The number of nitrogens with one attached hydrogen (secondary N) is 1. The average molecular weight is 268 g/mol. The molecule has 0 atom stereocenters. The van der Waals surface area contributed by atoms with Gasteiger partial charge in [-0.2, -0.15) is 0 Å². The third-order valence-electron chi connectivity index (χ3n) is 3.15. The van der Waals surface area contributed by atoms with E-state index < -0.39 is 0 Å². The van der Waals surface area contributed by atoms with Gasteiger partial charge in [0.15, 0.2) is 0 Å². The summed E-state index contributed by atoms with van der Waals surface area (Å²) in [5.74, 6) is 0.158. The Morgan fingerprint density at radius 3 is 2.72 bits per heavy atom. The maximum Gasteiger partial charge on any atom is 0.125 e. The molecule has 1 fully saturated rings. The van der Waals surface area contributed by atoms with Crippen molar-refractivity contribution in [2.24, 2.45) is 5.92 Å². The molecule has 0 amide bonds. The third kappa shape index (κ3) is 4.11. The first kappa shape index (κ1) is 13.6. The molecule has 1 aliphatic rings. The fourth-order valence-electron chi connectivity index (χ4n) is 1.84. The summed E-state index contributed by atoms with van der Waals surface area (Å²) in [6, 6.07) is 5.33. The van der Waals surface area contributed by atoms with E-state index in [4.69, 9.17) is 11.6 Å². The lowest BCUT2D eigenvalue weighted by Gasteiger charge is -2.12. The number of halogens is 2. The summed E-state index contributed by atoms with van der Waals surface area (Å²) in [4.78, 5) is 0. The van der Waals surface area contributed by atoms with Crippen LogP contribution in [0.15, 0.2) is 23.8 Å². The van der Waals surface area contributed by atoms with Crippen LogP contribution in [-0.2, 0) is 0 Å². The first-order valence-corrected chi connectivity index (χ1v) is 6.82. The van der Waals surface area contributed by atoms with Gasteiger partial charge in [-0.05, 0) is 42.5 Å². The molecule has 3 heteroatoms. The Bertz CT molecular complexity index is 430. The van der Waals surface area contributed by atoms with Crippen LogP contribution in [0.5, 0.6) is 0 Å². The Balaban J connectivity index is 2.13. The van der Waals surface area contributed by atoms with Gasteiger partial charge in [0, 0.05) is 17.6 Å². The van der Waals surface area contributed by atoms with Gasteiger partial charge in [0.2, 0.25) is 0 Å². The number of hydrogen-bond donors (Lipinski definition) is 1. The van der Waals surface area contributed by atoms with Crippen molar-refractivity contribution in [2.45, 2.75) is 32.7 Å². The normalized spacial score (nSPS) is 16.4. The third-order valence-corrected chi connectivity index (χ3v) is 3.37. The Kier molecular flexibility index (Phi) is 4.41. The van der Waals surface area contributed by atoms with E-state index in [1.54, 1.807) is 6.07 Å². The Morgan fingerprint density at radius 1 is 1.44 bits per heavy atom. The van der Waals surface area contributed by atoms with Crippen molar-refractivity contribution < 1.29 is 4.39 Å². The molecule has 1 aliphatic carbocycles. The summed E-state index contributed by atoms with van der Waals surface area (Å²) >= 11 is 5.87. The second kappa shape index (κ2) is 5.85. The minimum atomic E-state index is -0.285. The number of rotatable bonds is 5. The summed E-state index contributed by atoms with van der Waals surface area (Å²) in [6.07, 6.45) is 4.59. The van der Waals surface area contributed by atoms with E-state index in [1.807, 2.05) is 6.08 Å². The van der Waals surface area contributed by atoms with Gasteiger partial charge >= 0.3 is 0 Å². The van der Waals surface area contributed by atoms with E-state index in [1.165, 1.54) is 30.5 Å². The van der Waals surface area contributed by atoms with Crippen molar-refractivity contribution in [3.05, 3.63) is 40.2 Å². The van der Waals surface area contributed by atoms with Gasteiger partial charge in [-0.15, -0.1) is 0 Å². The molecule has 0 saturated heterocycles. The molecule has 1 aromatic rings. The highest BCUT2D eigenvalue weighted by molar-refractivity contribution is 6.30. The van der Waals surface area contributed by atoms with Gasteiger partial charge in [-0.1, -0.05) is 37.1 Å².